The molecule has 0 spiro atoms. The third-order valence-electron chi connectivity index (χ3n) is 6.25. The van der Waals surface area contributed by atoms with Crippen molar-refractivity contribution in [2.75, 3.05) is 13.2 Å². The van der Waals surface area contributed by atoms with E-state index in [0.717, 1.165) is 16.5 Å². The molecule has 0 amide bonds. The Bertz CT molecular complexity index is 1570. The van der Waals surface area contributed by atoms with Gasteiger partial charge >= 0.3 is 0 Å². The Labute approximate surface area is 212 Å². The van der Waals surface area contributed by atoms with E-state index in [0.29, 0.717) is 67.8 Å². The summed E-state index contributed by atoms with van der Waals surface area (Å²) in [7, 11) is 0. The molecule has 4 heterocycles. The minimum atomic E-state index is -0.149. The molecule has 0 saturated heterocycles. The number of pyridine rings is 2. The van der Waals surface area contributed by atoms with E-state index in [1.807, 2.05) is 66.9 Å². The largest absolute Gasteiger partial charge is 0.486 e. The summed E-state index contributed by atoms with van der Waals surface area (Å²) in [6.45, 7) is 2.98. The first-order valence-electron chi connectivity index (χ1n) is 12.1. The molecule has 1 aliphatic rings. The van der Waals surface area contributed by atoms with E-state index in [2.05, 4.69) is 30.4 Å². The molecule has 10 heteroatoms. The topological polar surface area (TPSA) is 111 Å². The molecule has 0 aliphatic carbocycles. The van der Waals surface area contributed by atoms with Gasteiger partial charge in [-0.1, -0.05) is 36.4 Å². The fourth-order valence-corrected chi connectivity index (χ4v) is 4.48. The lowest BCUT2D eigenvalue weighted by molar-refractivity contribution is 0.172. The quantitative estimate of drug-likeness (QED) is 0.350. The Balaban J connectivity index is 1.30. The molecule has 1 N–H and O–H groups in total. The van der Waals surface area contributed by atoms with Crippen LogP contribution >= 0.6 is 0 Å². The van der Waals surface area contributed by atoms with Crippen LogP contribution in [0.15, 0.2) is 77.9 Å². The third-order valence-corrected chi connectivity index (χ3v) is 6.25. The molecule has 0 saturated carbocycles. The van der Waals surface area contributed by atoms with Crippen LogP contribution in [0.1, 0.15) is 22.5 Å². The van der Waals surface area contributed by atoms with Crippen molar-refractivity contribution in [3.8, 4) is 11.5 Å². The van der Waals surface area contributed by atoms with Crippen molar-refractivity contribution >= 4 is 10.9 Å². The summed E-state index contributed by atoms with van der Waals surface area (Å²) in [6.07, 6.45) is 3.57. The Morgan fingerprint density at radius 3 is 2.54 bits per heavy atom. The highest BCUT2D eigenvalue weighted by Crippen LogP contribution is 2.33. The number of hydrogen-bond donors (Lipinski definition) is 1. The van der Waals surface area contributed by atoms with Crippen LogP contribution in [-0.2, 0) is 26.2 Å². The van der Waals surface area contributed by atoms with Gasteiger partial charge in [-0.25, -0.2) is 4.68 Å². The van der Waals surface area contributed by atoms with Crippen molar-refractivity contribution in [2.45, 2.75) is 26.2 Å². The minimum Gasteiger partial charge on any atom is -0.486 e. The van der Waals surface area contributed by atoms with E-state index in [4.69, 9.17) is 9.47 Å². The summed E-state index contributed by atoms with van der Waals surface area (Å²) < 4.78 is 13.2. The lowest BCUT2D eigenvalue weighted by Crippen LogP contribution is -2.28. The lowest BCUT2D eigenvalue weighted by Gasteiger charge is -2.22. The van der Waals surface area contributed by atoms with Crippen LogP contribution in [0.2, 0.25) is 0 Å². The maximum atomic E-state index is 13.1. The number of rotatable bonds is 8. The molecule has 0 bridgehead atoms. The molecule has 5 aromatic rings. The van der Waals surface area contributed by atoms with E-state index in [1.54, 1.807) is 10.9 Å². The summed E-state index contributed by atoms with van der Waals surface area (Å²) in [5.41, 5.74) is 3.33. The molecule has 3 aromatic heterocycles. The van der Waals surface area contributed by atoms with Gasteiger partial charge in [0.1, 0.15) is 13.2 Å². The number of fused-ring (bicyclic) bond motifs is 2. The average Bonchev–Trinajstić information content (AvgIpc) is 3.35. The van der Waals surface area contributed by atoms with Crippen LogP contribution in [0.3, 0.4) is 0 Å². The van der Waals surface area contributed by atoms with Gasteiger partial charge in [0, 0.05) is 42.5 Å². The number of benzene rings is 2. The highest BCUT2D eigenvalue weighted by molar-refractivity contribution is 5.83. The smallest absolute Gasteiger partial charge is 0.252 e. The zero-order valence-corrected chi connectivity index (χ0v) is 20.1. The van der Waals surface area contributed by atoms with Crippen molar-refractivity contribution in [2.24, 2.45) is 0 Å². The Morgan fingerprint density at radius 2 is 1.73 bits per heavy atom. The van der Waals surface area contributed by atoms with Crippen LogP contribution in [-0.4, -0.2) is 48.3 Å². The Morgan fingerprint density at radius 1 is 0.919 bits per heavy atom. The van der Waals surface area contributed by atoms with Gasteiger partial charge in [-0.05, 0) is 39.8 Å². The van der Waals surface area contributed by atoms with Crippen LogP contribution in [0.4, 0.5) is 0 Å². The minimum absolute atomic E-state index is 0.149. The maximum Gasteiger partial charge on any atom is 0.252 e. The standard InChI is InChI=1S/C27H25N7O3/c35-27-22(11-21-12-24-25(13-23(21)29-27)37-10-9-36-24)17-33(15-20-7-4-8-28-14-20)18-26-30-31-32-34(26)16-19-5-2-1-3-6-19/h1-8,11-14H,9-10,15-18H2,(H,29,35). The molecule has 0 unspecified atom stereocenters. The van der Waals surface area contributed by atoms with E-state index in [1.165, 1.54) is 0 Å². The molecule has 0 atom stereocenters. The molecular weight excluding hydrogens is 470 g/mol. The van der Waals surface area contributed by atoms with E-state index < -0.39 is 0 Å². The maximum absolute atomic E-state index is 13.1. The SMILES string of the molecule is O=c1[nH]c2cc3c(cc2cc1CN(Cc1cccnc1)Cc1nnnn1Cc1ccccc1)OCCO3. The number of ether oxygens (including phenoxy) is 2. The molecule has 0 radical (unpaired) electrons. The average molecular weight is 496 g/mol. The Hall–Kier alpha value is -4.57. The summed E-state index contributed by atoms with van der Waals surface area (Å²) in [5, 5.41) is 13.3. The first-order chi connectivity index (χ1) is 18.2. The monoisotopic (exact) mass is 495 g/mol. The number of nitrogens with zero attached hydrogens (tertiary/aromatic N) is 6. The van der Waals surface area contributed by atoms with Crippen molar-refractivity contribution in [3.63, 3.8) is 0 Å². The van der Waals surface area contributed by atoms with Gasteiger partial charge in [-0.2, -0.15) is 0 Å². The number of tetrazole rings is 1. The Kier molecular flexibility index (Phi) is 6.30. The van der Waals surface area contributed by atoms with Gasteiger partial charge in [0.05, 0.1) is 18.6 Å². The van der Waals surface area contributed by atoms with Gasteiger partial charge in [0.25, 0.3) is 5.56 Å². The summed E-state index contributed by atoms with van der Waals surface area (Å²) in [4.78, 5) is 22.5. The first-order valence-corrected chi connectivity index (χ1v) is 12.1. The molecule has 2 aromatic carbocycles. The fourth-order valence-electron chi connectivity index (χ4n) is 4.48. The second-order valence-corrected chi connectivity index (χ2v) is 8.95. The van der Waals surface area contributed by atoms with Crippen LogP contribution in [0.25, 0.3) is 10.9 Å². The van der Waals surface area contributed by atoms with E-state index in [-0.39, 0.29) is 5.56 Å². The first kappa shape index (κ1) is 22.9. The number of H-pyrrole nitrogens is 1. The third kappa shape index (κ3) is 5.19. The molecule has 37 heavy (non-hydrogen) atoms. The number of nitrogens with one attached hydrogen (secondary N) is 1. The molecule has 1 aliphatic heterocycles. The van der Waals surface area contributed by atoms with E-state index in [9.17, 15) is 4.79 Å². The summed E-state index contributed by atoms with van der Waals surface area (Å²) >= 11 is 0. The van der Waals surface area contributed by atoms with Crippen molar-refractivity contribution in [1.29, 1.82) is 0 Å². The van der Waals surface area contributed by atoms with Gasteiger partial charge < -0.3 is 14.5 Å². The second-order valence-electron chi connectivity index (χ2n) is 8.95. The lowest BCUT2D eigenvalue weighted by atomic mass is 10.1. The molecule has 10 nitrogen and oxygen atoms in total. The molecule has 0 fully saturated rings. The molecule has 6 rings (SSSR count). The number of aromatic amines is 1. The summed E-state index contributed by atoms with van der Waals surface area (Å²) in [6, 6.07) is 19.6. The highest BCUT2D eigenvalue weighted by Gasteiger charge is 2.18. The zero-order valence-electron chi connectivity index (χ0n) is 20.1. The van der Waals surface area contributed by atoms with Crippen LogP contribution in [0, 0.1) is 0 Å². The summed E-state index contributed by atoms with van der Waals surface area (Å²) in [5.74, 6) is 2.04. The normalized spacial score (nSPS) is 12.8. The van der Waals surface area contributed by atoms with Gasteiger partial charge in [-0.3, -0.25) is 14.7 Å². The predicted molar refractivity (Wildman–Crippen MR) is 136 cm³/mol. The van der Waals surface area contributed by atoms with Crippen LogP contribution < -0.4 is 15.0 Å². The second kappa shape index (κ2) is 10.2. The van der Waals surface area contributed by atoms with Gasteiger partial charge in [-0.15, -0.1) is 5.10 Å². The van der Waals surface area contributed by atoms with Crippen molar-refractivity contribution in [3.05, 3.63) is 106 Å². The van der Waals surface area contributed by atoms with Crippen molar-refractivity contribution < 1.29 is 9.47 Å². The van der Waals surface area contributed by atoms with Crippen molar-refractivity contribution in [1.82, 2.24) is 35.1 Å². The predicted octanol–water partition coefficient (Wildman–Crippen LogP) is 2.93. The van der Waals surface area contributed by atoms with E-state index >= 15 is 0 Å². The number of hydrogen-bond acceptors (Lipinski definition) is 8. The zero-order chi connectivity index (χ0) is 25.0. The highest BCUT2D eigenvalue weighted by atomic mass is 16.6. The van der Waals surface area contributed by atoms with Crippen LogP contribution in [0.5, 0.6) is 11.5 Å². The fraction of sp³-hybridized carbons (Fsp3) is 0.222. The van der Waals surface area contributed by atoms with Gasteiger partial charge in [0.15, 0.2) is 17.3 Å². The van der Waals surface area contributed by atoms with Gasteiger partial charge in [0.2, 0.25) is 0 Å². The molecular formula is C27H25N7O3. The number of aromatic nitrogens is 6. The molecule has 186 valence electrons.